The number of rotatable bonds is 7. The van der Waals surface area contributed by atoms with Crippen molar-refractivity contribution in [2.24, 2.45) is 0 Å². The normalized spacial score (nSPS) is 13.5. The lowest BCUT2D eigenvalue weighted by Gasteiger charge is -2.22. The second-order valence-corrected chi connectivity index (χ2v) is 5.46. The first-order chi connectivity index (χ1) is 10.6. The van der Waals surface area contributed by atoms with Crippen molar-refractivity contribution in [3.05, 3.63) is 81.4 Å². The van der Waals surface area contributed by atoms with Gasteiger partial charge in [0.05, 0.1) is 0 Å². The number of benzene rings is 2. The molecular weight excluding hydrogens is 276 g/mol. The van der Waals surface area contributed by atoms with E-state index in [1.807, 2.05) is 49.4 Å². The van der Waals surface area contributed by atoms with Crippen LogP contribution in [-0.4, -0.2) is 11.0 Å². The van der Waals surface area contributed by atoms with E-state index in [9.17, 15) is 10.1 Å². The molecule has 4 heteroatoms. The van der Waals surface area contributed by atoms with E-state index in [1.54, 1.807) is 0 Å². The van der Waals surface area contributed by atoms with E-state index in [1.165, 1.54) is 11.1 Å². The first kappa shape index (κ1) is 16.2. The summed E-state index contributed by atoms with van der Waals surface area (Å²) in [4.78, 5) is 11.2. The minimum absolute atomic E-state index is 0.178. The summed E-state index contributed by atoms with van der Waals surface area (Å²) < 4.78 is 0. The molecule has 116 valence electrons. The summed E-state index contributed by atoms with van der Waals surface area (Å²) in [5, 5.41) is 14.8. The Balaban J connectivity index is 2.22. The van der Waals surface area contributed by atoms with Crippen LogP contribution >= 0.6 is 0 Å². The summed E-state index contributed by atoms with van der Waals surface area (Å²) >= 11 is 0. The van der Waals surface area contributed by atoms with Crippen LogP contribution in [0.2, 0.25) is 0 Å². The summed E-state index contributed by atoms with van der Waals surface area (Å²) in [6.07, 6.45) is 0.493. The maximum absolute atomic E-state index is 11.4. The van der Waals surface area contributed by atoms with Crippen molar-refractivity contribution >= 4 is 0 Å². The Kier molecular flexibility index (Phi) is 5.67. The van der Waals surface area contributed by atoms with Gasteiger partial charge in [0, 0.05) is 17.9 Å². The van der Waals surface area contributed by atoms with Crippen LogP contribution in [0.15, 0.2) is 54.6 Å². The van der Waals surface area contributed by atoms with Gasteiger partial charge in [-0.1, -0.05) is 61.5 Å². The molecule has 2 aromatic carbocycles. The largest absolute Gasteiger partial charge is 0.300 e. The van der Waals surface area contributed by atoms with Crippen LogP contribution in [0, 0.1) is 17.0 Å². The number of hydrogen-bond acceptors (Lipinski definition) is 3. The number of nitrogens with zero attached hydrogens (tertiary/aromatic N) is 1. The standard InChI is InChI=1S/C18H22N2O2/c1-3-17(20(21)22)18(15-10-5-4-6-11-15)19-13-16-12-8-7-9-14(16)2/h4-12,17-19H,3,13H2,1-2H3/t17-,18+/m1/s1. The molecule has 2 atom stereocenters. The van der Waals surface area contributed by atoms with Crippen molar-refractivity contribution in [2.75, 3.05) is 0 Å². The average Bonchev–Trinajstić information content (AvgIpc) is 2.53. The Hall–Kier alpha value is -2.20. The van der Waals surface area contributed by atoms with E-state index in [0.717, 1.165) is 5.56 Å². The van der Waals surface area contributed by atoms with Gasteiger partial charge in [0.1, 0.15) is 6.04 Å². The highest BCUT2D eigenvalue weighted by atomic mass is 16.6. The Labute approximate surface area is 131 Å². The average molecular weight is 298 g/mol. The number of nitro groups is 1. The van der Waals surface area contributed by atoms with Crippen molar-refractivity contribution in [3.8, 4) is 0 Å². The molecule has 0 radical (unpaired) electrons. The fourth-order valence-corrected chi connectivity index (χ4v) is 2.67. The zero-order valence-electron chi connectivity index (χ0n) is 13.0. The molecule has 1 N–H and O–H groups in total. The molecule has 0 saturated heterocycles. The predicted octanol–water partition coefficient (Wildman–Crippen LogP) is 3.88. The second kappa shape index (κ2) is 7.71. The molecule has 4 nitrogen and oxygen atoms in total. The molecule has 0 aliphatic heterocycles. The van der Waals surface area contributed by atoms with Gasteiger partial charge in [-0.15, -0.1) is 0 Å². The Morgan fingerprint density at radius 2 is 1.73 bits per heavy atom. The lowest BCUT2D eigenvalue weighted by molar-refractivity contribution is -0.528. The maximum atomic E-state index is 11.4. The highest BCUT2D eigenvalue weighted by molar-refractivity contribution is 5.26. The monoisotopic (exact) mass is 298 g/mol. The van der Waals surface area contributed by atoms with E-state index in [2.05, 4.69) is 24.4 Å². The van der Waals surface area contributed by atoms with Gasteiger partial charge in [0.15, 0.2) is 0 Å². The first-order valence-corrected chi connectivity index (χ1v) is 7.59. The van der Waals surface area contributed by atoms with Gasteiger partial charge >= 0.3 is 0 Å². The summed E-state index contributed by atoms with van der Waals surface area (Å²) in [5.74, 6) is 0. The summed E-state index contributed by atoms with van der Waals surface area (Å²) in [6.45, 7) is 4.54. The summed E-state index contributed by atoms with van der Waals surface area (Å²) in [5.41, 5.74) is 3.32. The van der Waals surface area contributed by atoms with Gasteiger partial charge in [0.2, 0.25) is 6.04 Å². The molecule has 0 saturated carbocycles. The molecule has 0 aromatic heterocycles. The van der Waals surface area contributed by atoms with E-state index >= 15 is 0 Å². The molecule has 0 spiro atoms. The fourth-order valence-electron chi connectivity index (χ4n) is 2.67. The predicted molar refractivity (Wildman–Crippen MR) is 88.3 cm³/mol. The van der Waals surface area contributed by atoms with E-state index in [-0.39, 0.29) is 11.0 Å². The third kappa shape index (κ3) is 3.92. The molecule has 0 fully saturated rings. The highest BCUT2D eigenvalue weighted by Gasteiger charge is 2.30. The molecule has 2 rings (SSSR count). The molecule has 0 aliphatic carbocycles. The molecule has 0 unspecified atom stereocenters. The van der Waals surface area contributed by atoms with Crippen LogP contribution in [0.1, 0.15) is 36.1 Å². The van der Waals surface area contributed by atoms with E-state index < -0.39 is 6.04 Å². The number of aryl methyl sites for hydroxylation is 1. The van der Waals surface area contributed by atoms with Crippen molar-refractivity contribution in [2.45, 2.75) is 38.9 Å². The van der Waals surface area contributed by atoms with Crippen LogP contribution in [0.25, 0.3) is 0 Å². The van der Waals surface area contributed by atoms with Gasteiger partial charge in [-0.05, 0) is 23.6 Å². The second-order valence-electron chi connectivity index (χ2n) is 5.46. The van der Waals surface area contributed by atoms with E-state index in [0.29, 0.717) is 13.0 Å². The molecule has 0 amide bonds. The van der Waals surface area contributed by atoms with Gasteiger partial charge in [-0.3, -0.25) is 10.1 Å². The molecule has 22 heavy (non-hydrogen) atoms. The Bertz CT molecular complexity index is 613. The van der Waals surface area contributed by atoms with Crippen molar-refractivity contribution in [1.29, 1.82) is 0 Å². The lowest BCUT2D eigenvalue weighted by atomic mass is 9.97. The molecule has 0 bridgehead atoms. The molecule has 0 aliphatic rings. The van der Waals surface area contributed by atoms with Crippen molar-refractivity contribution in [1.82, 2.24) is 5.32 Å². The van der Waals surface area contributed by atoms with Gasteiger partial charge in [-0.2, -0.15) is 0 Å². The fraction of sp³-hybridized carbons (Fsp3) is 0.333. The minimum atomic E-state index is -0.633. The van der Waals surface area contributed by atoms with Crippen LogP contribution in [0.5, 0.6) is 0 Å². The number of nitrogens with one attached hydrogen (secondary N) is 1. The van der Waals surface area contributed by atoms with E-state index in [4.69, 9.17) is 0 Å². The topological polar surface area (TPSA) is 55.2 Å². The first-order valence-electron chi connectivity index (χ1n) is 7.59. The highest BCUT2D eigenvalue weighted by Crippen LogP contribution is 2.22. The van der Waals surface area contributed by atoms with Crippen LogP contribution in [-0.2, 0) is 6.54 Å². The van der Waals surface area contributed by atoms with Crippen LogP contribution in [0.3, 0.4) is 0 Å². The van der Waals surface area contributed by atoms with Crippen molar-refractivity contribution < 1.29 is 4.92 Å². The quantitative estimate of drug-likeness (QED) is 0.623. The smallest absolute Gasteiger partial charge is 0.232 e. The van der Waals surface area contributed by atoms with Gasteiger partial charge in [-0.25, -0.2) is 0 Å². The van der Waals surface area contributed by atoms with Crippen LogP contribution < -0.4 is 5.32 Å². The Morgan fingerprint density at radius 1 is 1.09 bits per heavy atom. The summed E-state index contributed by atoms with van der Waals surface area (Å²) in [7, 11) is 0. The Morgan fingerprint density at radius 3 is 2.32 bits per heavy atom. The minimum Gasteiger partial charge on any atom is -0.300 e. The van der Waals surface area contributed by atoms with Crippen LogP contribution in [0.4, 0.5) is 0 Å². The zero-order valence-corrected chi connectivity index (χ0v) is 13.0. The van der Waals surface area contributed by atoms with Gasteiger partial charge in [0.25, 0.3) is 0 Å². The SMILES string of the molecule is CC[C@H]([C@@H](NCc1ccccc1C)c1ccccc1)[N+](=O)[O-]. The van der Waals surface area contributed by atoms with Gasteiger partial charge < -0.3 is 5.32 Å². The maximum Gasteiger partial charge on any atom is 0.232 e. The molecule has 0 heterocycles. The number of hydrogen-bond donors (Lipinski definition) is 1. The van der Waals surface area contributed by atoms with Crippen molar-refractivity contribution in [3.63, 3.8) is 0 Å². The molecule has 2 aromatic rings. The third-order valence-electron chi connectivity index (χ3n) is 4.01. The summed E-state index contributed by atoms with van der Waals surface area (Å²) in [6, 6.07) is 16.8. The third-order valence-corrected chi connectivity index (χ3v) is 4.01. The molecular formula is C18H22N2O2. The lowest BCUT2D eigenvalue weighted by Crippen LogP contribution is -2.36. The zero-order chi connectivity index (χ0) is 15.9.